The number of carbonyl (C=O) groups excluding carboxylic acids is 1. The highest BCUT2D eigenvalue weighted by Crippen LogP contribution is 2.07. The highest BCUT2D eigenvalue weighted by molar-refractivity contribution is 5.78. The van der Waals surface area contributed by atoms with E-state index in [1.807, 2.05) is 35.2 Å². The summed E-state index contributed by atoms with van der Waals surface area (Å²) in [6, 6.07) is 10.0. The molecule has 1 saturated heterocycles. The van der Waals surface area contributed by atoms with Crippen molar-refractivity contribution in [3.63, 3.8) is 0 Å². The molecule has 1 aliphatic rings. The highest BCUT2D eigenvalue weighted by atomic mass is 16.2. The summed E-state index contributed by atoms with van der Waals surface area (Å²) in [6.45, 7) is 7.17. The maximum atomic E-state index is 12.2. The number of carbonyl (C=O) groups is 1. The molecule has 1 amide bonds. The summed E-state index contributed by atoms with van der Waals surface area (Å²) in [7, 11) is 0. The van der Waals surface area contributed by atoms with Crippen molar-refractivity contribution in [2.75, 3.05) is 32.7 Å². The minimum atomic E-state index is 0.263. The molecule has 1 aromatic carbocycles. The fraction of sp³-hybridized carbons (Fsp3) is 0.533. The summed E-state index contributed by atoms with van der Waals surface area (Å²) >= 11 is 0. The average molecular weight is 246 g/mol. The molecule has 18 heavy (non-hydrogen) atoms. The third-order valence-electron chi connectivity index (χ3n) is 3.59. The summed E-state index contributed by atoms with van der Waals surface area (Å²) in [6.07, 6.45) is 1.63. The fourth-order valence-electron chi connectivity index (χ4n) is 2.42. The van der Waals surface area contributed by atoms with E-state index in [1.165, 1.54) is 0 Å². The van der Waals surface area contributed by atoms with Crippen molar-refractivity contribution in [2.24, 2.45) is 0 Å². The van der Waals surface area contributed by atoms with Gasteiger partial charge in [0.25, 0.3) is 0 Å². The Morgan fingerprint density at radius 1 is 1.11 bits per heavy atom. The maximum absolute atomic E-state index is 12.2. The largest absolute Gasteiger partial charge is 0.341 e. The highest BCUT2D eigenvalue weighted by Gasteiger charge is 2.18. The Kier molecular flexibility index (Phi) is 4.76. The Bertz CT molecular complexity index is 377. The summed E-state index contributed by atoms with van der Waals surface area (Å²) < 4.78 is 0. The molecule has 3 nitrogen and oxygen atoms in total. The number of rotatable bonds is 3. The van der Waals surface area contributed by atoms with Gasteiger partial charge in [0.15, 0.2) is 0 Å². The molecular weight excluding hydrogens is 224 g/mol. The van der Waals surface area contributed by atoms with Crippen molar-refractivity contribution in [3.8, 4) is 0 Å². The molecule has 0 unspecified atom stereocenters. The molecule has 0 saturated carbocycles. The van der Waals surface area contributed by atoms with Crippen molar-refractivity contribution in [3.05, 3.63) is 35.9 Å². The first-order valence-corrected chi connectivity index (χ1v) is 6.83. The SMILES string of the molecule is CCN1CCCN(C(=O)Cc2ccccc2)CC1. The molecule has 0 spiro atoms. The first-order chi connectivity index (χ1) is 8.79. The Balaban J connectivity index is 1.89. The Morgan fingerprint density at radius 2 is 1.89 bits per heavy atom. The monoisotopic (exact) mass is 246 g/mol. The van der Waals surface area contributed by atoms with Crippen molar-refractivity contribution in [2.45, 2.75) is 19.8 Å². The standard InChI is InChI=1S/C15H22N2O/c1-2-16-9-6-10-17(12-11-16)15(18)13-14-7-4-3-5-8-14/h3-5,7-8H,2,6,9-13H2,1H3. The molecule has 0 N–H and O–H groups in total. The molecular formula is C15H22N2O. The Labute approximate surface area is 109 Å². The molecule has 1 aliphatic heterocycles. The van der Waals surface area contributed by atoms with Gasteiger partial charge in [-0.05, 0) is 25.1 Å². The molecule has 98 valence electrons. The second-order valence-corrected chi connectivity index (χ2v) is 4.83. The molecule has 0 aromatic heterocycles. The van der Waals surface area contributed by atoms with E-state index in [9.17, 15) is 4.79 Å². The van der Waals surface area contributed by atoms with Crippen LogP contribution in [0.25, 0.3) is 0 Å². The van der Waals surface area contributed by atoms with Crippen LogP contribution in [0.15, 0.2) is 30.3 Å². The Hall–Kier alpha value is -1.35. The van der Waals surface area contributed by atoms with E-state index in [2.05, 4.69) is 11.8 Å². The third-order valence-corrected chi connectivity index (χ3v) is 3.59. The quantitative estimate of drug-likeness (QED) is 0.811. The molecule has 1 aromatic rings. The van der Waals surface area contributed by atoms with Crippen LogP contribution in [0.4, 0.5) is 0 Å². The second kappa shape index (κ2) is 6.55. The van der Waals surface area contributed by atoms with Gasteiger partial charge in [-0.2, -0.15) is 0 Å². The molecule has 3 heteroatoms. The van der Waals surface area contributed by atoms with Crippen molar-refractivity contribution < 1.29 is 4.79 Å². The van der Waals surface area contributed by atoms with Crippen LogP contribution in [-0.4, -0.2) is 48.4 Å². The van der Waals surface area contributed by atoms with Crippen LogP contribution in [-0.2, 0) is 11.2 Å². The lowest BCUT2D eigenvalue weighted by atomic mass is 10.1. The Morgan fingerprint density at radius 3 is 2.61 bits per heavy atom. The molecule has 1 fully saturated rings. The molecule has 0 bridgehead atoms. The fourth-order valence-corrected chi connectivity index (χ4v) is 2.42. The predicted octanol–water partition coefficient (Wildman–Crippen LogP) is 1.78. The first kappa shape index (κ1) is 13.1. The first-order valence-electron chi connectivity index (χ1n) is 6.83. The zero-order valence-corrected chi connectivity index (χ0v) is 11.1. The van der Waals surface area contributed by atoms with Gasteiger partial charge in [0.1, 0.15) is 0 Å². The smallest absolute Gasteiger partial charge is 0.227 e. The van der Waals surface area contributed by atoms with Gasteiger partial charge in [0.05, 0.1) is 6.42 Å². The number of likely N-dealkylation sites (N-methyl/N-ethyl adjacent to an activating group) is 1. The maximum Gasteiger partial charge on any atom is 0.227 e. The molecule has 2 rings (SSSR count). The zero-order chi connectivity index (χ0) is 12.8. The van der Waals surface area contributed by atoms with E-state index in [4.69, 9.17) is 0 Å². The van der Waals surface area contributed by atoms with Gasteiger partial charge >= 0.3 is 0 Å². The molecule has 0 aliphatic carbocycles. The predicted molar refractivity (Wildman–Crippen MR) is 73.5 cm³/mol. The van der Waals surface area contributed by atoms with E-state index < -0.39 is 0 Å². The van der Waals surface area contributed by atoms with Crippen LogP contribution in [0.3, 0.4) is 0 Å². The normalized spacial score (nSPS) is 17.5. The van der Waals surface area contributed by atoms with E-state index in [0.29, 0.717) is 6.42 Å². The van der Waals surface area contributed by atoms with Gasteiger partial charge < -0.3 is 9.80 Å². The minimum Gasteiger partial charge on any atom is -0.341 e. The molecule has 0 radical (unpaired) electrons. The number of amides is 1. The number of hydrogen-bond acceptors (Lipinski definition) is 2. The van der Waals surface area contributed by atoms with Crippen molar-refractivity contribution in [1.29, 1.82) is 0 Å². The topological polar surface area (TPSA) is 23.6 Å². The van der Waals surface area contributed by atoms with E-state index >= 15 is 0 Å². The lowest BCUT2D eigenvalue weighted by molar-refractivity contribution is -0.130. The second-order valence-electron chi connectivity index (χ2n) is 4.83. The lowest BCUT2D eigenvalue weighted by Crippen LogP contribution is -2.36. The van der Waals surface area contributed by atoms with Gasteiger partial charge in [-0.3, -0.25) is 4.79 Å². The van der Waals surface area contributed by atoms with E-state index in [0.717, 1.165) is 44.7 Å². The van der Waals surface area contributed by atoms with E-state index in [1.54, 1.807) is 0 Å². The van der Waals surface area contributed by atoms with Crippen LogP contribution in [0, 0.1) is 0 Å². The van der Waals surface area contributed by atoms with Gasteiger partial charge in [0.2, 0.25) is 5.91 Å². The van der Waals surface area contributed by atoms with Crippen LogP contribution in [0.5, 0.6) is 0 Å². The summed E-state index contributed by atoms with van der Waals surface area (Å²) in [5, 5.41) is 0. The number of benzene rings is 1. The lowest BCUT2D eigenvalue weighted by Gasteiger charge is -2.21. The van der Waals surface area contributed by atoms with Gasteiger partial charge in [-0.15, -0.1) is 0 Å². The van der Waals surface area contributed by atoms with Crippen LogP contribution < -0.4 is 0 Å². The minimum absolute atomic E-state index is 0.263. The van der Waals surface area contributed by atoms with Crippen molar-refractivity contribution in [1.82, 2.24) is 9.80 Å². The van der Waals surface area contributed by atoms with Crippen LogP contribution in [0.1, 0.15) is 18.9 Å². The summed E-state index contributed by atoms with van der Waals surface area (Å²) in [4.78, 5) is 16.7. The van der Waals surface area contributed by atoms with Crippen LogP contribution in [0.2, 0.25) is 0 Å². The van der Waals surface area contributed by atoms with E-state index in [-0.39, 0.29) is 5.91 Å². The zero-order valence-electron chi connectivity index (χ0n) is 11.1. The molecule has 0 atom stereocenters. The number of hydrogen-bond donors (Lipinski definition) is 0. The molecule has 1 heterocycles. The van der Waals surface area contributed by atoms with Gasteiger partial charge in [0, 0.05) is 19.6 Å². The van der Waals surface area contributed by atoms with Crippen molar-refractivity contribution >= 4 is 5.91 Å². The van der Waals surface area contributed by atoms with Gasteiger partial charge in [-0.1, -0.05) is 37.3 Å². The van der Waals surface area contributed by atoms with Gasteiger partial charge in [-0.25, -0.2) is 0 Å². The summed E-state index contributed by atoms with van der Waals surface area (Å²) in [5.74, 6) is 0.263. The average Bonchev–Trinajstić information content (AvgIpc) is 2.65. The summed E-state index contributed by atoms with van der Waals surface area (Å²) in [5.41, 5.74) is 1.11. The third kappa shape index (κ3) is 3.57. The number of nitrogens with zero attached hydrogens (tertiary/aromatic N) is 2. The van der Waals surface area contributed by atoms with Crippen LogP contribution >= 0.6 is 0 Å².